The van der Waals surface area contributed by atoms with E-state index in [4.69, 9.17) is 16.0 Å². The van der Waals surface area contributed by atoms with Crippen LogP contribution in [0.15, 0.2) is 41.0 Å². The fourth-order valence-electron chi connectivity index (χ4n) is 2.71. The summed E-state index contributed by atoms with van der Waals surface area (Å²) in [5.74, 6) is 0.198. The molecule has 0 saturated carbocycles. The summed E-state index contributed by atoms with van der Waals surface area (Å²) in [6.07, 6.45) is 1.48. The standard InChI is InChI=1S/C18H20ClN3O3/c1-13-4-5-14(11-15(13)19)20-12-17(23)21-6-8-22(9-7-21)18(24)16-3-2-10-25-16/h2-5,10-11,20H,6-9,12H2,1H3. The summed E-state index contributed by atoms with van der Waals surface area (Å²) < 4.78 is 5.14. The molecule has 0 atom stereocenters. The van der Waals surface area contributed by atoms with Gasteiger partial charge in [-0.05, 0) is 36.8 Å². The van der Waals surface area contributed by atoms with Gasteiger partial charge in [-0.2, -0.15) is 0 Å². The Morgan fingerprint density at radius 2 is 1.88 bits per heavy atom. The van der Waals surface area contributed by atoms with Crippen LogP contribution in [0.4, 0.5) is 5.69 Å². The summed E-state index contributed by atoms with van der Waals surface area (Å²) in [6, 6.07) is 8.96. The molecule has 0 unspecified atom stereocenters. The minimum Gasteiger partial charge on any atom is -0.459 e. The Morgan fingerprint density at radius 3 is 2.52 bits per heavy atom. The molecule has 0 bridgehead atoms. The SMILES string of the molecule is Cc1ccc(NCC(=O)N2CCN(C(=O)c3ccco3)CC2)cc1Cl. The van der Waals surface area contributed by atoms with E-state index in [0.717, 1.165) is 11.3 Å². The van der Waals surface area contributed by atoms with E-state index in [1.165, 1.54) is 6.26 Å². The summed E-state index contributed by atoms with van der Waals surface area (Å²) in [6.45, 7) is 4.17. The Labute approximate surface area is 151 Å². The molecule has 1 aliphatic heterocycles. The van der Waals surface area contributed by atoms with Gasteiger partial charge in [0.05, 0.1) is 12.8 Å². The molecule has 0 spiro atoms. The lowest BCUT2D eigenvalue weighted by molar-refractivity contribution is -0.130. The number of hydrogen-bond donors (Lipinski definition) is 1. The Morgan fingerprint density at radius 1 is 1.16 bits per heavy atom. The van der Waals surface area contributed by atoms with Gasteiger partial charge in [0.2, 0.25) is 5.91 Å². The van der Waals surface area contributed by atoms with Crippen molar-refractivity contribution in [2.45, 2.75) is 6.92 Å². The molecule has 132 valence electrons. The average molecular weight is 362 g/mol. The maximum absolute atomic E-state index is 12.3. The molecule has 1 aliphatic rings. The van der Waals surface area contributed by atoms with Crippen LogP contribution in [0.2, 0.25) is 5.02 Å². The van der Waals surface area contributed by atoms with Crippen LogP contribution in [0.1, 0.15) is 16.1 Å². The van der Waals surface area contributed by atoms with E-state index in [1.54, 1.807) is 21.9 Å². The van der Waals surface area contributed by atoms with Gasteiger partial charge in [-0.3, -0.25) is 9.59 Å². The average Bonchev–Trinajstić information content (AvgIpc) is 3.16. The third-order valence-electron chi connectivity index (χ3n) is 4.27. The van der Waals surface area contributed by atoms with Gasteiger partial charge in [0, 0.05) is 36.9 Å². The summed E-state index contributed by atoms with van der Waals surface area (Å²) in [5, 5.41) is 3.76. The number of carbonyl (C=O) groups excluding carboxylic acids is 2. The third kappa shape index (κ3) is 4.14. The Bertz CT molecular complexity index is 753. The van der Waals surface area contributed by atoms with Crippen molar-refractivity contribution in [1.82, 2.24) is 9.80 Å². The van der Waals surface area contributed by atoms with E-state index < -0.39 is 0 Å². The fourth-order valence-corrected chi connectivity index (χ4v) is 2.89. The monoisotopic (exact) mass is 361 g/mol. The molecule has 2 amide bonds. The van der Waals surface area contributed by atoms with Gasteiger partial charge in [0.25, 0.3) is 5.91 Å². The summed E-state index contributed by atoms with van der Waals surface area (Å²) >= 11 is 6.09. The number of amides is 2. The second kappa shape index (κ2) is 7.61. The van der Waals surface area contributed by atoms with Crippen LogP contribution in [0, 0.1) is 6.92 Å². The third-order valence-corrected chi connectivity index (χ3v) is 4.67. The number of hydrogen-bond acceptors (Lipinski definition) is 4. The number of benzene rings is 1. The molecule has 1 aromatic heterocycles. The zero-order valence-corrected chi connectivity index (χ0v) is 14.8. The van der Waals surface area contributed by atoms with Gasteiger partial charge < -0.3 is 19.5 Å². The largest absolute Gasteiger partial charge is 0.459 e. The molecule has 7 heteroatoms. The zero-order chi connectivity index (χ0) is 17.8. The quantitative estimate of drug-likeness (QED) is 0.909. The van der Waals surface area contributed by atoms with E-state index in [9.17, 15) is 9.59 Å². The van der Waals surface area contributed by atoms with Crippen LogP contribution in [0.5, 0.6) is 0 Å². The molecule has 1 saturated heterocycles. The van der Waals surface area contributed by atoms with Crippen LogP contribution in [0.25, 0.3) is 0 Å². The van der Waals surface area contributed by atoms with Gasteiger partial charge in [-0.1, -0.05) is 17.7 Å². The molecule has 3 rings (SSSR count). The van der Waals surface area contributed by atoms with Crippen molar-refractivity contribution in [3.05, 3.63) is 52.9 Å². The maximum atomic E-state index is 12.3. The number of nitrogens with zero attached hydrogens (tertiary/aromatic N) is 2. The molecule has 2 heterocycles. The highest BCUT2D eigenvalue weighted by molar-refractivity contribution is 6.31. The van der Waals surface area contributed by atoms with E-state index in [2.05, 4.69) is 5.32 Å². The van der Waals surface area contributed by atoms with Gasteiger partial charge >= 0.3 is 0 Å². The Balaban J connectivity index is 1.48. The molecular formula is C18H20ClN3O3. The van der Waals surface area contributed by atoms with Gasteiger partial charge in [-0.15, -0.1) is 0 Å². The van der Waals surface area contributed by atoms with Crippen molar-refractivity contribution in [3.8, 4) is 0 Å². The smallest absolute Gasteiger partial charge is 0.289 e. The first-order valence-corrected chi connectivity index (χ1v) is 8.53. The molecule has 6 nitrogen and oxygen atoms in total. The summed E-state index contributed by atoms with van der Waals surface area (Å²) in [4.78, 5) is 28.0. The number of rotatable bonds is 4. The lowest BCUT2D eigenvalue weighted by Crippen LogP contribution is -2.51. The van der Waals surface area contributed by atoms with Crippen molar-refractivity contribution >= 4 is 29.1 Å². The number of anilines is 1. The van der Waals surface area contributed by atoms with E-state index in [0.29, 0.717) is 37.0 Å². The van der Waals surface area contributed by atoms with Gasteiger partial charge in [0.1, 0.15) is 0 Å². The van der Waals surface area contributed by atoms with Gasteiger partial charge in [-0.25, -0.2) is 0 Å². The first-order chi connectivity index (χ1) is 12.0. The Kier molecular flexibility index (Phi) is 5.28. The van der Waals surface area contributed by atoms with E-state index in [-0.39, 0.29) is 18.4 Å². The van der Waals surface area contributed by atoms with Crippen molar-refractivity contribution in [3.63, 3.8) is 0 Å². The van der Waals surface area contributed by atoms with Crippen molar-refractivity contribution in [2.24, 2.45) is 0 Å². The molecule has 1 fully saturated rings. The predicted molar refractivity (Wildman–Crippen MR) is 95.9 cm³/mol. The maximum Gasteiger partial charge on any atom is 0.289 e. The highest BCUT2D eigenvalue weighted by Crippen LogP contribution is 2.19. The molecular weight excluding hydrogens is 342 g/mol. The Hall–Kier alpha value is -2.47. The molecule has 1 aromatic carbocycles. The number of aryl methyl sites for hydroxylation is 1. The van der Waals surface area contributed by atoms with Crippen LogP contribution < -0.4 is 5.32 Å². The summed E-state index contributed by atoms with van der Waals surface area (Å²) in [5.41, 5.74) is 1.81. The second-order valence-electron chi connectivity index (χ2n) is 5.97. The van der Waals surface area contributed by atoms with Crippen molar-refractivity contribution < 1.29 is 14.0 Å². The van der Waals surface area contributed by atoms with E-state index in [1.807, 2.05) is 25.1 Å². The van der Waals surface area contributed by atoms with Crippen LogP contribution >= 0.6 is 11.6 Å². The lowest BCUT2D eigenvalue weighted by Gasteiger charge is -2.34. The van der Waals surface area contributed by atoms with Gasteiger partial charge in [0.15, 0.2) is 5.76 Å². The van der Waals surface area contributed by atoms with Crippen molar-refractivity contribution in [1.29, 1.82) is 0 Å². The fraction of sp³-hybridized carbons (Fsp3) is 0.333. The first-order valence-electron chi connectivity index (χ1n) is 8.15. The van der Waals surface area contributed by atoms with Crippen molar-refractivity contribution in [2.75, 3.05) is 38.0 Å². The molecule has 0 radical (unpaired) electrons. The van der Waals surface area contributed by atoms with Crippen LogP contribution in [0.3, 0.4) is 0 Å². The molecule has 2 aromatic rings. The number of halogens is 1. The number of nitrogens with one attached hydrogen (secondary N) is 1. The minimum atomic E-state index is -0.135. The second-order valence-corrected chi connectivity index (χ2v) is 6.38. The highest BCUT2D eigenvalue weighted by Gasteiger charge is 2.25. The van der Waals surface area contributed by atoms with Crippen LogP contribution in [-0.2, 0) is 4.79 Å². The number of piperazine rings is 1. The number of carbonyl (C=O) groups is 2. The number of furan rings is 1. The van der Waals surface area contributed by atoms with E-state index >= 15 is 0 Å². The predicted octanol–water partition coefficient (Wildman–Crippen LogP) is 2.64. The topological polar surface area (TPSA) is 65.8 Å². The normalized spacial score (nSPS) is 14.5. The first kappa shape index (κ1) is 17.4. The molecule has 1 N–H and O–H groups in total. The zero-order valence-electron chi connectivity index (χ0n) is 14.0. The lowest BCUT2D eigenvalue weighted by atomic mass is 10.2. The summed E-state index contributed by atoms with van der Waals surface area (Å²) in [7, 11) is 0. The van der Waals surface area contributed by atoms with Crippen LogP contribution in [-0.4, -0.2) is 54.3 Å². The highest BCUT2D eigenvalue weighted by atomic mass is 35.5. The molecule has 25 heavy (non-hydrogen) atoms. The molecule has 0 aliphatic carbocycles. The minimum absolute atomic E-state index is 0.00166.